The van der Waals surface area contributed by atoms with Crippen LogP contribution in [0.15, 0.2) is 60.7 Å². The van der Waals surface area contributed by atoms with E-state index in [0.29, 0.717) is 5.56 Å². The number of hydrogen-bond donors (Lipinski definition) is 0. The van der Waals surface area contributed by atoms with Crippen molar-refractivity contribution in [2.24, 2.45) is 0 Å². The van der Waals surface area contributed by atoms with Crippen molar-refractivity contribution in [1.29, 1.82) is 0 Å². The van der Waals surface area contributed by atoms with E-state index >= 15 is 0 Å². The lowest BCUT2D eigenvalue weighted by atomic mass is 10.0. The standard InChI is InChI=1S/C37H42F2/c1-3-5-7-9-10-11-13-15-31-16-20-32(21-17-31)24-25-34-28-36(38)35(37(39)29-34)27-26-33-22-18-30(19-23-33)14-12-8-6-4-2/h16-23,28-29H,3-15H2,1-2H3. The normalized spacial score (nSPS) is 10.5. The minimum Gasteiger partial charge on any atom is -0.205 e. The van der Waals surface area contributed by atoms with E-state index in [9.17, 15) is 8.78 Å². The first-order chi connectivity index (χ1) is 19.1. The van der Waals surface area contributed by atoms with Crippen LogP contribution in [0.5, 0.6) is 0 Å². The van der Waals surface area contributed by atoms with Crippen LogP contribution in [0.3, 0.4) is 0 Å². The van der Waals surface area contributed by atoms with Gasteiger partial charge >= 0.3 is 0 Å². The fourth-order valence-electron chi connectivity index (χ4n) is 4.60. The highest BCUT2D eigenvalue weighted by atomic mass is 19.1. The van der Waals surface area contributed by atoms with Crippen LogP contribution in [0.1, 0.15) is 118 Å². The molecule has 0 aliphatic rings. The molecule has 0 N–H and O–H groups in total. The number of unbranched alkanes of at least 4 members (excludes halogenated alkanes) is 9. The predicted octanol–water partition coefficient (Wildman–Crippen LogP) is 10.2. The Hall–Kier alpha value is -3.36. The molecule has 0 aromatic heterocycles. The molecule has 2 heteroatoms. The Morgan fingerprint density at radius 1 is 0.462 bits per heavy atom. The molecule has 0 radical (unpaired) electrons. The van der Waals surface area contributed by atoms with E-state index in [2.05, 4.69) is 49.7 Å². The summed E-state index contributed by atoms with van der Waals surface area (Å²) in [4.78, 5) is 0. The lowest BCUT2D eigenvalue weighted by molar-refractivity contribution is 0.577. The topological polar surface area (TPSA) is 0 Å². The zero-order valence-corrected chi connectivity index (χ0v) is 23.7. The highest BCUT2D eigenvalue weighted by Gasteiger charge is 2.08. The highest BCUT2D eigenvalue weighted by Crippen LogP contribution is 2.16. The molecule has 0 unspecified atom stereocenters. The number of benzene rings is 3. The van der Waals surface area contributed by atoms with Crippen LogP contribution in [0, 0.1) is 35.3 Å². The second kappa shape index (κ2) is 17.3. The van der Waals surface area contributed by atoms with Gasteiger partial charge in [-0.2, -0.15) is 0 Å². The summed E-state index contributed by atoms with van der Waals surface area (Å²) in [6.45, 7) is 4.45. The van der Waals surface area contributed by atoms with Crippen molar-refractivity contribution >= 4 is 0 Å². The van der Waals surface area contributed by atoms with Gasteiger partial charge in [0.15, 0.2) is 0 Å². The summed E-state index contributed by atoms with van der Waals surface area (Å²) < 4.78 is 29.4. The van der Waals surface area contributed by atoms with E-state index in [1.165, 1.54) is 93.9 Å². The summed E-state index contributed by atoms with van der Waals surface area (Å²) in [5.41, 5.74) is 4.21. The fraction of sp³-hybridized carbons (Fsp3) is 0.405. The molecule has 0 bridgehead atoms. The Bertz CT molecular complexity index is 1240. The molecule has 0 atom stereocenters. The molecule has 204 valence electrons. The van der Waals surface area contributed by atoms with Gasteiger partial charge in [0.05, 0.1) is 5.56 Å². The van der Waals surface area contributed by atoms with Crippen molar-refractivity contribution < 1.29 is 8.78 Å². The Labute approximate surface area is 235 Å². The Kier molecular flexibility index (Phi) is 13.4. The van der Waals surface area contributed by atoms with Gasteiger partial charge in [0, 0.05) is 16.7 Å². The number of aryl methyl sites for hydroxylation is 2. The van der Waals surface area contributed by atoms with Crippen LogP contribution < -0.4 is 0 Å². The Morgan fingerprint density at radius 3 is 1.33 bits per heavy atom. The number of halogens is 2. The molecule has 3 rings (SSSR count). The van der Waals surface area contributed by atoms with Crippen molar-refractivity contribution in [2.75, 3.05) is 0 Å². The third-order valence-corrected chi connectivity index (χ3v) is 7.02. The van der Waals surface area contributed by atoms with Gasteiger partial charge in [-0.05, 0) is 73.2 Å². The van der Waals surface area contributed by atoms with E-state index in [-0.39, 0.29) is 5.56 Å². The van der Waals surface area contributed by atoms with Gasteiger partial charge in [0.25, 0.3) is 0 Å². The predicted molar refractivity (Wildman–Crippen MR) is 161 cm³/mol. The van der Waals surface area contributed by atoms with Crippen LogP contribution in [-0.4, -0.2) is 0 Å². The first-order valence-electron chi connectivity index (χ1n) is 14.8. The third-order valence-electron chi connectivity index (χ3n) is 7.02. The first-order valence-corrected chi connectivity index (χ1v) is 14.8. The van der Waals surface area contributed by atoms with Crippen molar-refractivity contribution in [1.82, 2.24) is 0 Å². The van der Waals surface area contributed by atoms with Crippen molar-refractivity contribution in [3.63, 3.8) is 0 Å². The molecule has 0 heterocycles. The summed E-state index contributed by atoms with van der Waals surface area (Å²) >= 11 is 0. The maximum atomic E-state index is 14.7. The Morgan fingerprint density at radius 2 is 0.846 bits per heavy atom. The van der Waals surface area contributed by atoms with Gasteiger partial charge in [-0.25, -0.2) is 8.78 Å². The molecular weight excluding hydrogens is 482 g/mol. The van der Waals surface area contributed by atoms with E-state index in [1.54, 1.807) is 0 Å². The lowest BCUT2D eigenvalue weighted by Crippen LogP contribution is -1.93. The van der Waals surface area contributed by atoms with Gasteiger partial charge in [-0.1, -0.05) is 120 Å². The van der Waals surface area contributed by atoms with Gasteiger partial charge in [-0.15, -0.1) is 0 Å². The maximum Gasteiger partial charge on any atom is 0.143 e. The van der Waals surface area contributed by atoms with Gasteiger partial charge in [0.2, 0.25) is 0 Å². The van der Waals surface area contributed by atoms with Crippen LogP contribution in [0.25, 0.3) is 0 Å². The van der Waals surface area contributed by atoms with Crippen molar-refractivity contribution in [2.45, 2.75) is 97.3 Å². The highest BCUT2D eigenvalue weighted by molar-refractivity contribution is 5.49. The second-order valence-corrected chi connectivity index (χ2v) is 10.4. The second-order valence-electron chi connectivity index (χ2n) is 10.4. The lowest BCUT2D eigenvalue weighted by Gasteiger charge is -2.03. The first kappa shape index (κ1) is 30.2. The average Bonchev–Trinajstić information content (AvgIpc) is 2.94. The third kappa shape index (κ3) is 11.1. The van der Waals surface area contributed by atoms with E-state index in [4.69, 9.17) is 0 Å². The van der Waals surface area contributed by atoms with Crippen molar-refractivity contribution in [3.05, 3.63) is 106 Å². The minimum atomic E-state index is -0.690. The zero-order chi connectivity index (χ0) is 27.7. The SMILES string of the molecule is CCCCCCCCCc1ccc(C#Cc2cc(F)c(C#Cc3ccc(CCCCCC)cc3)c(F)c2)cc1. The molecule has 0 saturated carbocycles. The van der Waals surface area contributed by atoms with Crippen LogP contribution in [0.4, 0.5) is 8.78 Å². The minimum absolute atomic E-state index is 0.223. The summed E-state index contributed by atoms with van der Waals surface area (Å²) in [6, 6.07) is 18.6. The molecule has 0 spiro atoms. The van der Waals surface area contributed by atoms with E-state index in [0.717, 1.165) is 24.0 Å². The van der Waals surface area contributed by atoms with Crippen LogP contribution >= 0.6 is 0 Å². The quantitative estimate of drug-likeness (QED) is 0.154. The Balaban J connectivity index is 1.54. The molecule has 0 fully saturated rings. The number of rotatable bonds is 13. The molecular formula is C37H42F2. The van der Waals surface area contributed by atoms with E-state index in [1.807, 2.05) is 36.4 Å². The van der Waals surface area contributed by atoms with Gasteiger partial charge in [-0.3, -0.25) is 0 Å². The molecule has 39 heavy (non-hydrogen) atoms. The monoisotopic (exact) mass is 524 g/mol. The zero-order valence-electron chi connectivity index (χ0n) is 23.7. The van der Waals surface area contributed by atoms with Gasteiger partial charge < -0.3 is 0 Å². The average molecular weight is 525 g/mol. The smallest absolute Gasteiger partial charge is 0.143 e. The molecule has 0 amide bonds. The molecule has 0 aliphatic heterocycles. The van der Waals surface area contributed by atoms with E-state index < -0.39 is 11.6 Å². The fourth-order valence-corrected chi connectivity index (χ4v) is 4.60. The molecule has 0 aliphatic carbocycles. The van der Waals surface area contributed by atoms with Crippen molar-refractivity contribution in [3.8, 4) is 23.7 Å². The largest absolute Gasteiger partial charge is 0.205 e. The van der Waals surface area contributed by atoms with Crippen LogP contribution in [0.2, 0.25) is 0 Å². The van der Waals surface area contributed by atoms with Crippen LogP contribution in [-0.2, 0) is 12.8 Å². The summed E-state index contributed by atoms with van der Waals surface area (Å²) in [5.74, 6) is 10.1. The van der Waals surface area contributed by atoms with Gasteiger partial charge in [0.1, 0.15) is 11.6 Å². The molecule has 3 aromatic rings. The molecule has 3 aromatic carbocycles. The number of hydrogen-bond acceptors (Lipinski definition) is 0. The molecule has 0 saturated heterocycles. The maximum absolute atomic E-state index is 14.7. The molecule has 0 nitrogen and oxygen atoms in total. The summed E-state index contributed by atoms with van der Waals surface area (Å²) in [6.07, 6.45) is 16.1. The summed E-state index contributed by atoms with van der Waals surface area (Å²) in [7, 11) is 0. The summed E-state index contributed by atoms with van der Waals surface area (Å²) in [5, 5.41) is 0.